The number of rotatable bonds is 3. The van der Waals surface area contributed by atoms with Gasteiger partial charge in [-0.25, -0.2) is 4.79 Å². The predicted molar refractivity (Wildman–Crippen MR) is 72.7 cm³/mol. The lowest BCUT2D eigenvalue weighted by atomic mass is 10.1. The van der Waals surface area contributed by atoms with Gasteiger partial charge in [-0.15, -0.1) is 0 Å². The van der Waals surface area contributed by atoms with Crippen LogP contribution in [0, 0.1) is 0 Å². The molecule has 0 aliphatic rings. The maximum absolute atomic E-state index is 10.2. The first-order chi connectivity index (χ1) is 8.06. The summed E-state index contributed by atoms with van der Waals surface area (Å²) in [6.07, 6.45) is 2.99. The predicted octanol–water partition coefficient (Wildman–Crippen LogP) is 3.63. The first-order valence-corrected chi connectivity index (χ1v) is 5.50. The van der Waals surface area contributed by atoms with Crippen molar-refractivity contribution in [2.45, 2.75) is 20.3 Å². The van der Waals surface area contributed by atoms with E-state index in [9.17, 15) is 4.79 Å². The van der Waals surface area contributed by atoms with E-state index >= 15 is 0 Å². The van der Waals surface area contributed by atoms with E-state index in [-0.39, 0.29) is 5.97 Å². The highest BCUT2D eigenvalue weighted by atomic mass is 16.5. The summed E-state index contributed by atoms with van der Waals surface area (Å²) >= 11 is 0. The Balaban J connectivity index is 0.000000325. The molecule has 0 saturated heterocycles. The Kier molecular flexibility index (Phi) is 7.44. The summed E-state index contributed by atoms with van der Waals surface area (Å²) in [5.41, 5.74) is 3.06. The molecule has 0 unspecified atom stereocenters. The highest BCUT2D eigenvalue weighted by Crippen LogP contribution is 2.09. The molecule has 0 fully saturated rings. The minimum absolute atomic E-state index is 0.347. The fraction of sp³-hybridized carbons (Fsp3) is 0.267. The van der Waals surface area contributed by atoms with Gasteiger partial charge in [-0.05, 0) is 24.5 Å². The van der Waals surface area contributed by atoms with E-state index in [2.05, 4.69) is 43.0 Å². The number of benzene rings is 1. The summed E-state index contributed by atoms with van der Waals surface area (Å²) in [6, 6.07) is 8.32. The van der Waals surface area contributed by atoms with Crippen LogP contribution in [0.4, 0.5) is 0 Å². The van der Waals surface area contributed by atoms with Crippen molar-refractivity contribution in [3.8, 4) is 0 Å². The topological polar surface area (TPSA) is 26.3 Å². The molecule has 0 amide bonds. The number of esters is 1. The molecule has 2 heteroatoms. The van der Waals surface area contributed by atoms with Gasteiger partial charge >= 0.3 is 5.97 Å². The molecule has 0 radical (unpaired) electrons. The Bertz CT molecular complexity index is 392. The molecular formula is C15H20O2. The van der Waals surface area contributed by atoms with Gasteiger partial charge in [0.2, 0.25) is 0 Å². The molecule has 0 spiro atoms. The standard InChI is InChI=1S/C10H12.C5H8O2/c1-3-9-7-5-6-8-10(9)4-2;1-4(2)5(6)7-3/h3,5-8H,1,4H2,2H3;1H2,2-3H3. The quantitative estimate of drug-likeness (QED) is 0.587. The van der Waals surface area contributed by atoms with E-state index in [0.717, 1.165) is 6.42 Å². The summed E-state index contributed by atoms with van der Waals surface area (Å²) in [4.78, 5) is 10.2. The molecule has 0 aromatic heterocycles. The van der Waals surface area contributed by atoms with Crippen molar-refractivity contribution in [2.24, 2.45) is 0 Å². The molecule has 0 saturated carbocycles. The van der Waals surface area contributed by atoms with Crippen molar-refractivity contribution in [3.05, 3.63) is 54.1 Å². The summed E-state index contributed by atoms with van der Waals surface area (Å²) < 4.78 is 4.27. The van der Waals surface area contributed by atoms with Crippen LogP contribution in [-0.4, -0.2) is 13.1 Å². The van der Waals surface area contributed by atoms with Gasteiger partial charge in [0.1, 0.15) is 0 Å². The van der Waals surface area contributed by atoms with Crippen LogP contribution in [0.5, 0.6) is 0 Å². The molecule has 0 atom stereocenters. The molecule has 0 heterocycles. The largest absolute Gasteiger partial charge is 0.466 e. The van der Waals surface area contributed by atoms with Crippen LogP contribution in [-0.2, 0) is 16.0 Å². The molecule has 1 aromatic rings. The van der Waals surface area contributed by atoms with Crippen LogP contribution in [0.2, 0.25) is 0 Å². The first-order valence-electron chi connectivity index (χ1n) is 5.50. The normalized spacial score (nSPS) is 8.65. The smallest absolute Gasteiger partial charge is 0.332 e. The fourth-order valence-electron chi connectivity index (χ4n) is 1.23. The Morgan fingerprint density at radius 3 is 2.29 bits per heavy atom. The zero-order valence-corrected chi connectivity index (χ0v) is 10.8. The number of methoxy groups -OCH3 is 1. The van der Waals surface area contributed by atoms with Gasteiger partial charge in [-0.3, -0.25) is 0 Å². The van der Waals surface area contributed by atoms with Crippen LogP contribution in [0.3, 0.4) is 0 Å². The van der Waals surface area contributed by atoms with Crippen molar-refractivity contribution < 1.29 is 9.53 Å². The average molecular weight is 232 g/mol. The van der Waals surface area contributed by atoms with Gasteiger partial charge in [0, 0.05) is 5.57 Å². The maximum atomic E-state index is 10.2. The average Bonchev–Trinajstić information content (AvgIpc) is 2.38. The second kappa shape index (κ2) is 8.34. The molecule has 92 valence electrons. The number of aryl methyl sites for hydroxylation is 1. The van der Waals surface area contributed by atoms with Crippen LogP contribution in [0.1, 0.15) is 25.0 Å². The van der Waals surface area contributed by atoms with Gasteiger partial charge < -0.3 is 4.74 Å². The lowest BCUT2D eigenvalue weighted by molar-refractivity contribution is -0.136. The molecule has 2 nitrogen and oxygen atoms in total. The number of carbonyl (C=O) groups excluding carboxylic acids is 1. The van der Waals surface area contributed by atoms with Crippen molar-refractivity contribution in [1.29, 1.82) is 0 Å². The molecule has 17 heavy (non-hydrogen) atoms. The highest BCUT2D eigenvalue weighted by molar-refractivity contribution is 5.86. The van der Waals surface area contributed by atoms with Crippen LogP contribution in [0.25, 0.3) is 6.08 Å². The molecular weight excluding hydrogens is 212 g/mol. The number of hydrogen-bond acceptors (Lipinski definition) is 2. The Hall–Kier alpha value is -1.83. The Morgan fingerprint density at radius 2 is 2.00 bits per heavy atom. The van der Waals surface area contributed by atoms with E-state index in [4.69, 9.17) is 0 Å². The lowest BCUT2D eigenvalue weighted by Crippen LogP contribution is -1.98. The first kappa shape index (κ1) is 15.2. The van der Waals surface area contributed by atoms with Crippen molar-refractivity contribution in [2.75, 3.05) is 7.11 Å². The monoisotopic (exact) mass is 232 g/mol. The van der Waals surface area contributed by atoms with E-state index in [0.29, 0.717) is 5.57 Å². The maximum Gasteiger partial charge on any atom is 0.332 e. The van der Waals surface area contributed by atoms with Gasteiger partial charge in [-0.2, -0.15) is 0 Å². The minimum atomic E-state index is -0.347. The van der Waals surface area contributed by atoms with E-state index < -0.39 is 0 Å². The van der Waals surface area contributed by atoms with E-state index in [1.807, 2.05) is 12.1 Å². The van der Waals surface area contributed by atoms with Crippen LogP contribution < -0.4 is 0 Å². The minimum Gasteiger partial charge on any atom is -0.466 e. The van der Waals surface area contributed by atoms with Gasteiger partial charge in [0.15, 0.2) is 0 Å². The van der Waals surface area contributed by atoms with Crippen molar-refractivity contribution in [1.82, 2.24) is 0 Å². The van der Waals surface area contributed by atoms with Gasteiger partial charge in [0.25, 0.3) is 0 Å². The molecule has 0 aliphatic heterocycles. The third-order valence-corrected chi connectivity index (χ3v) is 2.19. The Labute approximate surface area is 104 Å². The van der Waals surface area contributed by atoms with Gasteiger partial charge in [0.05, 0.1) is 7.11 Å². The van der Waals surface area contributed by atoms with Gasteiger partial charge in [-0.1, -0.05) is 50.4 Å². The van der Waals surface area contributed by atoms with Crippen LogP contribution >= 0.6 is 0 Å². The fourth-order valence-corrected chi connectivity index (χ4v) is 1.23. The SMILES string of the molecule is C=C(C)C(=O)OC.C=Cc1ccccc1CC. The third kappa shape index (κ3) is 5.71. The zero-order chi connectivity index (χ0) is 13.3. The zero-order valence-electron chi connectivity index (χ0n) is 10.8. The summed E-state index contributed by atoms with van der Waals surface area (Å²) in [5.74, 6) is -0.347. The summed E-state index contributed by atoms with van der Waals surface area (Å²) in [5, 5.41) is 0. The summed E-state index contributed by atoms with van der Waals surface area (Å²) in [7, 11) is 1.33. The molecule has 0 bridgehead atoms. The summed E-state index contributed by atoms with van der Waals surface area (Å²) in [6.45, 7) is 10.8. The molecule has 1 aromatic carbocycles. The van der Waals surface area contributed by atoms with E-state index in [1.165, 1.54) is 18.2 Å². The molecule has 0 aliphatic carbocycles. The third-order valence-electron chi connectivity index (χ3n) is 2.19. The second-order valence-electron chi connectivity index (χ2n) is 3.53. The molecule has 1 rings (SSSR count). The Morgan fingerprint density at radius 1 is 1.41 bits per heavy atom. The number of carbonyl (C=O) groups is 1. The highest BCUT2D eigenvalue weighted by Gasteiger charge is 1.95. The van der Waals surface area contributed by atoms with Crippen molar-refractivity contribution in [3.63, 3.8) is 0 Å². The molecule has 0 N–H and O–H groups in total. The van der Waals surface area contributed by atoms with Crippen LogP contribution in [0.15, 0.2) is 43.0 Å². The second-order valence-corrected chi connectivity index (χ2v) is 3.53. The number of ether oxygens (including phenoxy) is 1. The van der Waals surface area contributed by atoms with Crippen molar-refractivity contribution >= 4 is 12.0 Å². The number of hydrogen-bond donors (Lipinski definition) is 0. The lowest BCUT2D eigenvalue weighted by Gasteiger charge is -1.99. The van der Waals surface area contributed by atoms with E-state index in [1.54, 1.807) is 6.92 Å².